The van der Waals surface area contributed by atoms with E-state index in [2.05, 4.69) is 0 Å². The summed E-state index contributed by atoms with van der Waals surface area (Å²) in [5, 5.41) is 0. The normalized spacial score (nSPS) is 11.3. The monoisotopic (exact) mass is 165 g/mol. The predicted octanol–water partition coefficient (Wildman–Crippen LogP) is 1.89. The number of nitrogens with two attached hydrogens (primary N) is 1. The third-order valence-electron chi connectivity index (χ3n) is 1.83. The highest BCUT2D eigenvalue weighted by molar-refractivity contribution is 5.30. The van der Waals surface area contributed by atoms with Crippen LogP contribution in [-0.4, -0.2) is 7.11 Å². The maximum absolute atomic E-state index is 5.91. The molecule has 0 unspecified atom stereocenters. The van der Waals surface area contributed by atoms with Crippen LogP contribution in [0.15, 0.2) is 24.3 Å². The van der Waals surface area contributed by atoms with Crippen LogP contribution in [0.3, 0.4) is 0 Å². The lowest BCUT2D eigenvalue weighted by Crippen LogP contribution is -2.28. The van der Waals surface area contributed by atoms with Crippen LogP contribution in [0.5, 0.6) is 5.75 Å². The van der Waals surface area contributed by atoms with Crippen molar-refractivity contribution >= 4 is 0 Å². The van der Waals surface area contributed by atoms with Gasteiger partial charge in [-0.2, -0.15) is 0 Å². The fraction of sp³-hybridized carbons (Fsp3) is 0.400. The van der Waals surface area contributed by atoms with E-state index >= 15 is 0 Å². The lowest BCUT2D eigenvalue weighted by atomic mass is 9.96. The Morgan fingerprint density at radius 3 is 2.00 bits per heavy atom. The van der Waals surface area contributed by atoms with E-state index in [0.717, 1.165) is 11.3 Å². The Labute approximate surface area is 73.3 Å². The van der Waals surface area contributed by atoms with Crippen molar-refractivity contribution < 1.29 is 4.74 Å². The molecule has 0 aliphatic carbocycles. The molecule has 0 aromatic heterocycles. The second kappa shape index (κ2) is 3.15. The molecule has 0 atom stereocenters. The van der Waals surface area contributed by atoms with Crippen LogP contribution in [0.2, 0.25) is 0 Å². The summed E-state index contributed by atoms with van der Waals surface area (Å²) in [5.41, 5.74) is 6.75. The Kier molecular flexibility index (Phi) is 2.38. The lowest BCUT2D eigenvalue weighted by molar-refractivity contribution is 0.414. The fourth-order valence-corrected chi connectivity index (χ4v) is 1.02. The Morgan fingerprint density at radius 2 is 1.67 bits per heavy atom. The predicted molar refractivity (Wildman–Crippen MR) is 50.2 cm³/mol. The van der Waals surface area contributed by atoms with E-state index in [4.69, 9.17) is 10.5 Å². The molecule has 0 saturated heterocycles. The Balaban J connectivity index is 2.93. The second-order valence-electron chi connectivity index (χ2n) is 3.45. The van der Waals surface area contributed by atoms with Gasteiger partial charge in [0.2, 0.25) is 0 Å². The molecule has 1 aromatic carbocycles. The quantitative estimate of drug-likeness (QED) is 0.726. The number of ether oxygens (including phenoxy) is 1. The maximum atomic E-state index is 5.91. The van der Waals surface area contributed by atoms with Gasteiger partial charge < -0.3 is 10.5 Å². The van der Waals surface area contributed by atoms with Crippen LogP contribution in [0.4, 0.5) is 0 Å². The molecule has 0 fully saturated rings. The highest BCUT2D eigenvalue weighted by Gasteiger charge is 2.12. The molecule has 0 saturated carbocycles. The molecule has 1 aromatic rings. The van der Waals surface area contributed by atoms with E-state index in [1.165, 1.54) is 0 Å². The van der Waals surface area contributed by atoms with Crippen molar-refractivity contribution in [3.63, 3.8) is 0 Å². The largest absolute Gasteiger partial charge is 0.497 e. The molecule has 1 rings (SSSR count). The van der Waals surface area contributed by atoms with Gasteiger partial charge in [0.05, 0.1) is 7.11 Å². The molecule has 2 heteroatoms. The SMILES string of the molecule is COc1ccc(C(C)(C)N)cc1. The van der Waals surface area contributed by atoms with Crippen molar-refractivity contribution in [2.75, 3.05) is 7.11 Å². The first-order chi connectivity index (χ1) is 5.54. The van der Waals surface area contributed by atoms with Gasteiger partial charge in [0.25, 0.3) is 0 Å². The van der Waals surface area contributed by atoms with Crippen molar-refractivity contribution in [3.05, 3.63) is 29.8 Å². The second-order valence-corrected chi connectivity index (χ2v) is 3.45. The van der Waals surface area contributed by atoms with Gasteiger partial charge in [0.15, 0.2) is 0 Å². The first kappa shape index (κ1) is 9.07. The van der Waals surface area contributed by atoms with Crippen LogP contribution in [0.25, 0.3) is 0 Å². The number of hydrogen-bond donors (Lipinski definition) is 1. The van der Waals surface area contributed by atoms with Crippen molar-refractivity contribution in [1.82, 2.24) is 0 Å². The summed E-state index contributed by atoms with van der Waals surface area (Å²) in [4.78, 5) is 0. The minimum Gasteiger partial charge on any atom is -0.497 e. The van der Waals surface area contributed by atoms with E-state index in [-0.39, 0.29) is 5.54 Å². The van der Waals surface area contributed by atoms with Crippen LogP contribution >= 0.6 is 0 Å². The summed E-state index contributed by atoms with van der Waals surface area (Å²) >= 11 is 0. The topological polar surface area (TPSA) is 35.2 Å². The fourth-order valence-electron chi connectivity index (χ4n) is 1.02. The molecular weight excluding hydrogens is 150 g/mol. The molecule has 0 heterocycles. The first-order valence-corrected chi connectivity index (χ1v) is 3.97. The molecule has 0 aliphatic heterocycles. The Morgan fingerprint density at radius 1 is 1.17 bits per heavy atom. The van der Waals surface area contributed by atoms with Gasteiger partial charge in [-0.25, -0.2) is 0 Å². The van der Waals surface area contributed by atoms with Crippen LogP contribution in [-0.2, 0) is 5.54 Å². The van der Waals surface area contributed by atoms with Gasteiger partial charge >= 0.3 is 0 Å². The lowest BCUT2D eigenvalue weighted by Gasteiger charge is -2.18. The molecule has 0 aliphatic rings. The summed E-state index contributed by atoms with van der Waals surface area (Å²) in [6.07, 6.45) is 0. The zero-order valence-corrected chi connectivity index (χ0v) is 7.79. The van der Waals surface area contributed by atoms with Gasteiger partial charge in [-0.1, -0.05) is 12.1 Å². The minimum atomic E-state index is -0.272. The van der Waals surface area contributed by atoms with Gasteiger partial charge in [0.1, 0.15) is 5.75 Å². The molecular formula is C10H15NO. The zero-order chi connectivity index (χ0) is 9.19. The van der Waals surface area contributed by atoms with E-state index < -0.39 is 0 Å². The van der Waals surface area contributed by atoms with Gasteiger partial charge in [-0.3, -0.25) is 0 Å². The number of benzene rings is 1. The van der Waals surface area contributed by atoms with Crippen molar-refractivity contribution in [2.45, 2.75) is 19.4 Å². The third-order valence-corrected chi connectivity index (χ3v) is 1.83. The maximum Gasteiger partial charge on any atom is 0.118 e. The molecule has 0 spiro atoms. The molecule has 12 heavy (non-hydrogen) atoms. The van der Waals surface area contributed by atoms with Crippen molar-refractivity contribution in [3.8, 4) is 5.75 Å². The van der Waals surface area contributed by atoms with E-state index in [1.807, 2.05) is 38.1 Å². The Bertz CT molecular complexity index is 246. The van der Waals surface area contributed by atoms with Gasteiger partial charge in [-0.15, -0.1) is 0 Å². The summed E-state index contributed by atoms with van der Waals surface area (Å²) < 4.78 is 5.04. The van der Waals surface area contributed by atoms with Crippen LogP contribution in [0, 0.1) is 0 Å². The summed E-state index contributed by atoms with van der Waals surface area (Å²) in [6, 6.07) is 7.81. The summed E-state index contributed by atoms with van der Waals surface area (Å²) in [5.74, 6) is 0.864. The minimum absolute atomic E-state index is 0.272. The summed E-state index contributed by atoms with van der Waals surface area (Å²) in [6.45, 7) is 3.96. The van der Waals surface area contributed by atoms with Crippen LogP contribution < -0.4 is 10.5 Å². The van der Waals surface area contributed by atoms with Gasteiger partial charge in [-0.05, 0) is 31.5 Å². The molecule has 0 radical (unpaired) electrons. The number of methoxy groups -OCH3 is 1. The average molecular weight is 165 g/mol. The van der Waals surface area contributed by atoms with E-state index in [1.54, 1.807) is 7.11 Å². The van der Waals surface area contributed by atoms with E-state index in [9.17, 15) is 0 Å². The smallest absolute Gasteiger partial charge is 0.118 e. The van der Waals surface area contributed by atoms with Gasteiger partial charge in [0, 0.05) is 5.54 Å². The molecule has 2 nitrogen and oxygen atoms in total. The first-order valence-electron chi connectivity index (χ1n) is 3.97. The molecule has 66 valence electrons. The van der Waals surface area contributed by atoms with Crippen LogP contribution in [0.1, 0.15) is 19.4 Å². The zero-order valence-electron chi connectivity index (χ0n) is 7.79. The highest BCUT2D eigenvalue weighted by atomic mass is 16.5. The van der Waals surface area contributed by atoms with Crippen molar-refractivity contribution in [2.24, 2.45) is 5.73 Å². The number of rotatable bonds is 2. The summed E-state index contributed by atoms with van der Waals surface area (Å²) in [7, 11) is 1.66. The molecule has 0 amide bonds. The van der Waals surface area contributed by atoms with Crippen molar-refractivity contribution in [1.29, 1.82) is 0 Å². The Hall–Kier alpha value is -1.02. The third kappa shape index (κ3) is 1.98. The highest BCUT2D eigenvalue weighted by Crippen LogP contribution is 2.19. The molecule has 2 N–H and O–H groups in total. The van der Waals surface area contributed by atoms with E-state index in [0.29, 0.717) is 0 Å². The number of hydrogen-bond acceptors (Lipinski definition) is 2. The average Bonchev–Trinajstić information content (AvgIpc) is 2.03. The molecule has 0 bridgehead atoms. The standard InChI is InChI=1S/C10H15NO/c1-10(2,11)8-4-6-9(12-3)7-5-8/h4-7H,11H2,1-3H3.